The minimum absolute atomic E-state index is 0.174. The highest BCUT2D eigenvalue weighted by Gasteiger charge is 2.14. The number of aliphatic hydroxyl groups is 1. The van der Waals surface area contributed by atoms with Crippen LogP contribution in [-0.4, -0.2) is 17.3 Å². The molecule has 0 aliphatic rings. The average Bonchev–Trinajstić information content (AvgIpc) is 2.05. The molecule has 0 atom stereocenters. The molecule has 0 saturated carbocycles. The monoisotopic (exact) mass is 234 g/mol. The molecule has 0 unspecified atom stereocenters. The smallest absolute Gasteiger partial charge is 0.139 e. The Labute approximate surface area is 93.4 Å². The molecule has 0 spiro atoms. The van der Waals surface area contributed by atoms with Crippen LogP contribution in [-0.2, 0) is 0 Å². The zero-order valence-corrected chi connectivity index (χ0v) is 9.56. The van der Waals surface area contributed by atoms with Gasteiger partial charge >= 0.3 is 0 Å². The second kappa shape index (κ2) is 4.39. The van der Waals surface area contributed by atoms with Crippen molar-refractivity contribution in [1.82, 2.24) is 0 Å². The standard InChI is InChI=1S/C10H12Cl2O2/c1-10(2,13)6-14-9-5-7(11)3-4-8(9)12/h3-5,13H,6H2,1-2H3. The molecule has 0 saturated heterocycles. The van der Waals surface area contributed by atoms with Crippen LogP contribution >= 0.6 is 23.2 Å². The molecule has 0 radical (unpaired) electrons. The van der Waals surface area contributed by atoms with Crippen LogP contribution in [0.3, 0.4) is 0 Å². The van der Waals surface area contributed by atoms with Crippen molar-refractivity contribution < 1.29 is 9.84 Å². The summed E-state index contributed by atoms with van der Waals surface area (Å²) in [6.45, 7) is 3.49. The maximum absolute atomic E-state index is 9.44. The van der Waals surface area contributed by atoms with E-state index in [1.54, 1.807) is 32.0 Å². The highest BCUT2D eigenvalue weighted by atomic mass is 35.5. The average molecular weight is 235 g/mol. The normalized spacial score (nSPS) is 11.5. The van der Waals surface area contributed by atoms with Crippen LogP contribution in [0.5, 0.6) is 5.75 Å². The Bertz CT molecular complexity index is 318. The Morgan fingerprint density at radius 2 is 2.00 bits per heavy atom. The first-order valence-corrected chi connectivity index (χ1v) is 4.94. The first-order valence-electron chi connectivity index (χ1n) is 4.19. The van der Waals surface area contributed by atoms with Gasteiger partial charge in [-0.2, -0.15) is 0 Å². The number of rotatable bonds is 3. The van der Waals surface area contributed by atoms with Crippen LogP contribution in [0.1, 0.15) is 13.8 Å². The molecule has 0 aliphatic heterocycles. The molecular weight excluding hydrogens is 223 g/mol. The van der Waals surface area contributed by atoms with Gasteiger partial charge in [-0.15, -0.1) is 0 Å². The Morgan fingerprint density at radius 3 is 2.57 bits per heavy atom. The van der Waals surface area contributed by atoms with Crippen LogP contribution in [0.4, 0.5) is 0 Å². The lowest BCUT2D eigenvalue weighted by atomic mass is 10.2. The van der Waals surface area contributed by atoms with Crippen molar-refractivity contribution >= 4 is 23.2 Å². The number of ether oxygens (including phenoxy) is 1. The van der Waals surface area contributed by atoms with Gasteiger partial charge in [0.05, 0.1) is 10.6 Å². The Hall–Kier alpha value is -0.440. The van der Waals surface area contributed by atoms with Gasteiger partial charge in [0.25, 0.3) is 0 Å². The first kappa shape index (κ1) is 11.6. The van der Waals surface area contributed by atoms with E-state index in [1.807, 2.05) is 0 Å². The van der Waals surface area contributed by atoms with Crippen LogP contribution in [0.15, 0.2) is 18.2 Å². The van der Waals surface area contributed by atoms with E-state index in [-0.39, 0.29) is 6.61 Å². The summed E-state index contributed by atoms with van der Waals surface area (Å²) in [6.07, 6.45) is 0. The third kappa shape index (κ3) is 3.74. The molecule has 78 valence electrons. The van der Waals surface area contributed by atoms with E-state index in [4.69, 9.17) is 27.9 Å². The van der Waals surface area contributed by atoms with Crippen LogP contribution < -0.4 is 4.74 Å². The Balaban J connectivity index is 2.72. The fourth-order valence-electron chi connectivity index (χ4n) is 0.842. The van der Waals surface area contributed by atoms with Crippen LogP contribution in [0.25, 0.3) is 0 Å². The van der Waals surface area contributed by atoms with E-state index in [2.05, 4.69) is 0 Å². The van der Waals surface area contributed by atoms with E-state index in [0.717, 1.165) is 0 Å². The maximum Gasteiger partial charge on any atom is 0.139 e. The van der Waals surface area contributed by atoms with Crippen LogP contribution in [0, 0.1) is 0 Å². The van der Waals surface area contributed by atoms with Gasteiger partial charge < -0.3 is 9.84 Å². The second-order valence-corrected chi connectivity index (χ2v) is 4.52. The molecule has 0 aromatic heterocycles. The molecule has 0 amide bonds. The Morgan fingerprint density at radius 1 is 1.36 bits per heavy atom. The van der Waals surface area contributed by atoms with E-state index in [1.165, 1.54) is 0 Å². The third-order valence-electron chi connectivity index (χ3n) is 1.47. The van der Waals surface area contributed by atoms with Crippen molar-refractivity contribution in [3.05, 3.63) is 28.2 Å². The fraction of sp³-hybridized carbons (Fsp3) is 0.400. The summed E-state index contributed by atoms with van der Waals surface area (Å²) in [5, 5.41) is 10.5. The summed E-state index contributed by atoms with van der Waals surface area (Å²) in [5.74, 6) is 0.487. The van der Waals surface area contributed by atoms with Crippen molar-refractivity contribution in [3.8, 4) is 5.75 Å². The quantitative estimate of drug-likeness (QED) is 0.871. The van der Waals surface area contributed by atoms with Gasteiger partial charge in [-0.3, -0.25) is 0 Å². The zero-order valence-electron chi connectivity index (χ0n) is 8.05. The summed E-state index contributed by atoms with van der Waals surface area (Å²) in [6, 6.07) is 4.96. The molecule has 0 heterocycles. The van der Waals surface area contributed by atoms with E-state index in [0.29, 0.717) is 15.8 Å². The molecule has 1 aromatic rings. The molecule has 4 heteroatoms. The van der Waals surface area contributed by atoms with Crippen molar-refractivity contribution in [2.75, 3.05) is 6.61 Å². The van der Waals surface area contributed by atoms with Gasteiger partial charge in [-0.25, -0.2) is 0 Å². The summed E-state index contributed by atoms with van der Waals surface area (Å²) in [5.41, 5.74) is -0.883. The molecular formula is C10H12Cl2O2. The first-order chi connectivity index (χ1) is 6.38. The number of halogens is 2. The molecule has 14 heavy (non-hydrogen) atoms. The summed E-state index contributed by atoms with van der Waals surface area (Å²) in [7, 11) is 0. The minimum atomic E-state index is -0.883. The van der Waals surface area contributed by atoms with Crippen LogP contribution in [0.2, 0.25) is 10.0 Å². The second-order valence-electron chi connectivity index (χ2n) is 3.68. The van der Waals surface area contributed by atoms with Crippen molar-refractivity contribution in [3.63, 3.8) is 0 Å². The summed E-state index contributed by atoms with van der Waals surface area (Å²) < 4.78 is 5.32. The summed E-state index contributed by atoms with van der Waals surface area (Å²) in [4.78, 5) is 0. The molecule has 1 N–H and O–H groups in total. The van der Waals surface area contributed by atoms with Gasteiger partial charge in [0.15, 0.2) is 0 Å². The number of benzene rings is 1. The predicted octanol–water partition coefficient (Wildman–Crippen LogP) is 3.14. The lowest BCUT2D eigenvalue weighted by Crippen LogP contribution is -2.27. The number of hydrogen-bond donors (Lipinski definition) is 1. The van der Waals surface area contributed by atoms with Crippen molar-refractivity contribution in [1.29, 1.82) is 0 Å². The molecule has 1 aromatic carbocycles. The Kier molecular flexibility index (Phi) is 3.65. The molecule has 1 rings (SSSR count). The van der Waals surface area contributed by atoms with Crippen molar-refractivity contribution in [2.24, 2.45) is 0 Å². The third-order valence-corrected chi connectivity index (χ3v) is 2.02. The van der Waals surface area contributed by atoms with Crippen molar-refractivity contribution in [2.45, 2.75) is 19.4 Å². The molecule has 0 bridgehead atoms. The van der Waals surface area contributed by atoms with E-state index < -0.39 is 5.60 Å². The SMILES string of the molecule is CC(C)(O)COc1cc(Cl)ccc1Cl. The summed E-state index contributed by atoms with van der Waals surface area (Å²) >= 11 is 11.6. The lowest BCUT2D eigenvalue weighted by molar-refractivity contribution is 0.0285. The van der Waals surface area contributed by atoms with Gasteiger partial charge in [-0.1, -0.05) is 23.2 Å². The maximum atomic E-state index is 9.44. The van der Waals surface area contributed by atoms with E-state index >= 15 is 0 Å². The van der Waals surface area contributed by atoms with Gasteiger partial charge in [0.2, 0.25) is 0 Å². The minimum Gasteiger partial charge on any atom is -0.489 e. The topological polar surface area (TPSA) is 29.5 Å². The number of hydrogen-bond acceptors (Lipinski definition) is 2. The van der Waals surface area contributed by atoms with Gasteiger partial charge in [0.1, 0.15) is 12.4 Å². The molecule has 0 fully saturated rings. The highest BCUT2D eigenvalue weighted by molar-refractivity contribution is 6.34. The zero-order chi connectivity index (χ0) is 10.8. The molecule has 0 aliphatic carbocycles. The largest absolute Gasteiger partial charge is 0.489 e. The lowest BCUT2D eigenvalue weighted by Gasteiger charge is -2.18. The fourth-order valence-corrected chi connectivity index (χ4v) is 1.18. The predicted molar refractivity (Wildman–Crippen MR) is 58.3 cm³/mol. The van der Waals surface area contributed by atoms with Gasteiger partial charge in [0, 0.05) is 11.1 Å². The highest BCUT2D eigenvalue weighted by Crippen LogP contribution is 2.28. The molecule has 2 nitrogen and oxygen atoms in total. The van der Waals surface area contributed by atoms with Gasteiger partial charge in [-0.05, 0) is 26.0 Å². The van der Waals surface area contributed by atoms with E-state index in [9.17, 15) is 5.11 Å².